The van der Waals surface area contributed by atoms with E-state index in [9.17, 15) is 0 Å². The molecule has 0 spiro atoms. The van der Waals surface area contributed by atoms with Gasteiger partial charge in [0.1, 0.15) is 0 Å². The molecule has 2 N–H and O–H groups in total. The Morgan fingerprint density at radius 2 is 2.20 bits per heavy atom. The molecule has 1 heterocycles. The summed E-state index contributed by atoms with van der Waals surface area (Å²) in [5.74, 6) is 2.71. The molecular formula is C11H15NO2S. The highest BCUT2D eigenvalue weighted by Gasteiger charge is 2.15. The lowest BCUT2D eigenvalue weighted by atomic mass is 10.1. The van der Waals surface area contributed by atoms with Crippen LogP contribution in [0.4, 0.5) is 0 Å². The molecule has 0 amide bonds. The summed E-state index contributed by atoms with van der Waals surface area (Å²) in [5, 5.41) is 0. The van der Waals surface area contributed by atoms with Gasteiger partial charge in [-0.05, 0) is 36.1 Å². The van der Waals surface area contributed by atoms with Crippen LogP contribution >= 0.6 is 11.8 Å². The molecule has 4 heteroatoms. The molecule has 82 valence electrons. The topological polar surface area (TPSA) is 44.5 Å². The van der Waals surface area contributed by atoms with Crippen molar-refractivity contribution in [3.05, 3.63) is 23.8 Å². The Morgan fingerprint density at radius 1 is 1.40 bits per heavy atom. The predicted octanol–water partition coefficient (Wildman–Crippen LogP) is 2.17. The number of nitrogens with two attached hydrogens (primary N) is 1. The van der Waals surface area contributed by atoms with Gasteiger partial charge in [-0.3, -0.25) is 0 Å². The van der Waals surface area contributed by atoms with Crippen molar-refractivity contribution < 1.29 is 9.47 Å². The first-order valence-electron chi connectivity index (χ1n) is 4.95. The zero-order chi connectivity index (χ0) is 10.7. The first kappa shape index (κ1) is 10.6. The lowest BCUT2D eigenvalue weighted by Crippen LogP contribution is -2.10. The normalized spacial score (nSPS) is 15.3. The van der Waals surface area contributed by atoms with Crippen LogP contribution in [0.5, 0.6) is 11.5 Å². The first-order chi connectivity index (χ1) is 7.31. The molecule has 0 radical (unpaired) electrons. The second-order valence-corrected chi connectivity index (χ2v) is 4.49. The highest BCUT2D eigenvalue weighted by Crippen LogP contribution is 2.34. The molecule has 15 heavy (non-hydrogen) atoms. The summed E-state index contributed by atoms with van der Waals surface area (Å²) in [7, 11) is 0. The minimum atomic E-state index is 0.0898. The molecule has 2 rings (SSSR count). The standard InChI is InChI=1S/C11H15NO2S/c1-15-5-4-9(12)8-2-3-10-11(6-8)14-7-13-10/h2-3,6,9H,4-5,7,12H2,1H3. The Hall–Kier alpha value is -0.870. The third-order valence-electron chi connectivity index (χ3n) is 2.46. The van der Waals surface area contributed by atoms with Crippen molar-refractivity contribution in [2.45, 2.75) is 12.5 Å². The highest BCUT2D eigenvalue weighted by atomic mass is 32.2. The maximum Gasteiger partial charge on any atom is 0.231 e. The number of rotatable bonds is 4. The maximum absolute atomic E-state index is 6.07. The third kappa shape index (κ3) is 2.38. The molecule has 0 saturated heterocycles. The van der Waals surface area contributed by atoms with Crippen LogP contribution in [0.25, 0.3) is 0 Å². The average Bonchev–Trinajstić information content (AvgIpc) is 2.72. The van der Waals surface area contributed by atoms with Crippen LogP contribution in [-0.4, -0.2) is 18.8 Å². The van der Waals surface area contributed by atoms with Crippen LogP contribution in [0.2, 0.25) is 0 Å². The van der Waals surface area contributed by atoms with E-state index >= 15 is 0 Å². The van der Waals surface area contributed by atoms with Gasteiger partial charge in [0.15, 0.2) is 11.5 Å². The number of benzene rings is 1. The number of thioether (sulfide) groups is 1. The molecule has 1 unspecified atom stereocenters. The molecule has 1 aromatic carbocycles. The van der Waals surface area contributed by atoms with Gasteiger partial charge < -0.3 is 15.2 Å². The monoisotopic (exact) mass is 225 g/mol. The van der Waals surface area contributed by atoms with E-state index in [1.165, 1.54) is 0 Å². The minimum absolute atomic E-state index is 0.0898. The lowest BCUT2D eigenvalue weighted by Gasteiger charge is -2.11. The SMILES string of the molecule is CSCCC(N)c1ccc2c(c1)OCO2. The number of fused-ring (bicyclic) bond motifs is 1. The second-order valence-electron chi connectivity index (χ2n) is 3.50. The average molecular weight is 225 g/mol. The fraction of sp³-hybridized carbons (Fsp3) is 0.455. The van der Waals surface area contributed by atoms with Crippen molar-refractivity contribution in [2.75, 3.05) is 18.8 Å². The number of hydrogen-bond donors (Lipinski definition) is 1. The van der Waals surface area contributed by atoms with Crippen molar-refractivity contribution in [2.24, 2.45) is 5.73 Å². The Bertz CT molecular complexity index is 343. The minimum Gasteiger partial charge on any atom is -0.454 e. The Balaban J connectivity index is 2.08. The summed E-state index contributed by atoms with van der Waals surface area (Å²) >= 11 is 1.81. The van der Waals surface area contributed by atoms with Crippen molar-refractivity contribution in [1.29, 1.82) is 0 Å². The molecule has 1 aliphatic heterocycles. The van der Waals surface area contributed by atoms with Gasteiger partial charge in [-0.25, -0.2) is 0 Å². The Kier molecular flexibility index (Phi) is 3.38. The van der Waals surface area contributed by atoms with Crippen molar-refractivity contribution >= 4 is 11.8 Å². The van der Waals surface area contributed by atoms with E-state index in [2.05, 4.69) is 6.26 Å². The van der Waals surface area contributed by atoms with E-state index in [0.29, 0.717) is 6.79 Å². The molecule has 0 saturated carbocycles. The van der Waals surface area contributed by atoms with Gasteiger partial charge in [0, 0.05) is 6.04 Å². The van der Waals surface area contributed by atoms with E-state index in [4.69, 9.17) is 15.2 Å². The van der Waals surface area contributed by atoms with Crippen LogP contribution in [0.1, 0.15) is 18.0 Å². The largest absolute Gasteiger partial charge is 0.454 e. The molecule has 1 atom stereocenters. The molecule has 0 bridgehead atoms. The summed E-state index contributed by atoms with van der Waals surface area (Å²) < 4.78 is 10.6. The quantitative estimate of drug-likeness (QED) is 0.853. The van der Waals surface area contributed by atoms with Gasteiger partial charge >= 0.3 is 0 Å². The Morgan fingerprint density at radius 3 is 3.00 bits per heavy atom. The smallest absolute Gasteiger partial charge is 0.231 e. The van der Waals surface area contributed by atoms with Crippen molar-refractivity contribution in [3.8, 4) is 11.5 Å². The fourth-order valence-electron chi connectivity index (χ4n) is 1.56. The molecule has 0 aromatic heterocycles. The summed E-state index contributed by atoms with van der Waals surface area (Å²) in [4.78, 5) is 0. The zero-order valence-electron chi connectivity index (χ0n) is 8.73. The van der Waals surface area contributed by atoms with Crippen LogP contribution in [-0.2, 0) is 0 Å². The van der Waals surface area contributed by atoms with Gasteiger partial charge in [0.05, 0.1) is 0 Å². The van der Waals surface area contributed by atoms with E-state index < -0.39 is 0 Å². The predicted molar refractivity (Wildman–Crippen MR) is 62.5 cm³/mol. The molecule has 3 nitrogen and oxygen atoms in total. The van der Waals surface area contributed by atoms with Crippen LogP contribution < -0.4 is 15.2 Å². The summed E-state index contributed by atoms with van der Waals surface area (Å²) in [6.45, 7) is 0.318. The molecule has 1 aliphatic rings. The van der Waals surface area contributed by atoms with Crippen LogP contribution in [0, 0.1) is 0 Å². The van der Waals surface area contributed by atoms with Crippen molar-refractivity contribution in [1.82, 2.24) is 0 Å². The van der Waals surface area contributed by atoms with E-state index in [0.717, 1.165) is 29.2 Å². The second kappa shape index (κ2) is 4.77. The highest BCUT2D eigenvalue weighted by molar-refractivity contribution is 7.98. The lowest BCUT2D eigenvalue weighted by molar-refractivity contribution is 0.174. The molecular weight excluding hydrogens is 210 g/mol. The number of hydrogen-bond acceptors (Lipinski definition) is 4. The van der Waals surface area contributed by atoms with Gasteiger partial charge in [-0.2, -0.15) is 11.8 Å². The van der Waals surface area contributed by atoms with Gasteiger partial charge in [0.25, 0.3) is 0 Å². The van der Waals surface area contributed by atoms with E-state index in [1.807, 2.05) is 30.0 Å². The molecule has 0 aliphatic carbocycles. The molecule has 1 aromatic rings. The molecule has 0 fully saturated rings. The van der Waals surface area contributed by atoms with Gasteiger partial charge in [-0.15, -0.1) is 0 Å². The first-order valence-corrected chi connectivity index (χ1v) is 6.34. The van der Waals surface area contributed by atoms with E-state index in [-0.39, 0.29) is 6.04 Å². The fourth-order valence-corrected chi connectivity index (χ4v) is 2.04. The van der Waals surface area contributed by atoms with Crippen molar-refractivity contribution in [3.63, 3.8) is 0 Å². The zero-order valence-corrected chi connectivity index (χ0v) is 9.55. The Labute approximate surface area is 93.9 Å². The van der Waals surface area contributed by atoms with E-state index in [1.54, 1.807) is 0 Å². The summed E-state index contributed by atoms with van der Waals surface area (Å²) in [5.41, 5.74) is 7.18. The third-order valence-corrected chi connectivity index (χ3v) is 3.10. The maximum atomic E-state index is 6.07. The van der Waals surface area contributed by atoms with Crippen LogP contribution in [0.15, 0.2) is 18.2 Å². The van der Waals surface area contributed by atoms with Gasteiger partial charge in [0.2, 0.25) is 6.79 Å². The number of ether oxygens (including phenoxy) is 2. The summed E-state index contributed by atoms with van der Waals surface area (Å²) in [6, 6.07) is 6.01. The van der Waals surface area contributed by atoms with Crippen LogP contribution in [0.3, 0.4) is 0 Å². The van der Waals surface area contributed by atoms with Gasteiger partial charge in [-0.1, -0.05) is 6.07 Å². The summed E-state index contributed by atoms with van der Waals surface area (Å²) in [6.07, 6.45) is 3.08.